The number of aromatic nitrogens is 2. The Morgan fingerprint density at radius 1 is 1.00 bits per heavy atom. The normalized spacial score (nSPS) is 18.7. The Kier molecular flexibility index (Phi) is 5.69. The van der Waals surface area contributed by atoms with Crippen molar-refractivity contribution in [3.05, 3.63) is 48.0 Å². The summed E-state index contributed by atoms with van der Waals surface area (Å²) in [7, 11) is 0. The molecule has 2 aromatic rings. The molecule has 2 fully saturated rings. The van der Waals surface area contributed by atoms with Gasteiger partial charge in [0.2, 0.25) is 0 Å². The van der Waals surface area contributed by atoms with Gasteiger partial charge in [-0.1, -0.05) is 0 Å². The van der Waals surface area contributed by atoms with Crippen molar-refractivity contribution in [2.75, 3.05) is 31.1 Å². The van der Waals surface area contributed by atoms with Gasteiger partial charge in [0.1, 0.15) is 5.82 Å². The molecule has 0 radical (unpaired) electrons. The molecule has 3 heterocycles. The molecule has 0 atom stereocenters. The van der Waals surface area contributed by atoms with E-state index in [1.54, 1.807) is 0 Å². The molecule has 2 aliphatic rings. The molecule has 5 heteroatoms. The summed E-state index contributed by atoms with van der Waals surface area (Å²) in [5.74, 6) is 1.78. The summed E-state index contributed by atoms with van der Waals surface area (Å²) in [5, 5.41) is 0. The minimum absolute atomic E-state index is 0.163. The standard InChI is InChI=1S/C23H32N4O/c1-18(2)27-17-12-24-22(27)19-10-15-26(16-11-19)23(28)20-6-8-21(9-7-20)25-13-4-3-5-14-25/h6-9,12,17-19H,3-5,10-11,13-16H2,1-2H3. The number of rotatable bonds is 4. The molecule has 2 saturated heterocycles. The van der Waals surface area contributed by atoms with Crippen molar-refractivity contribution in [3.63, 3.8) is 0 Å². The number of hydrogen-bond acceptors (Lipinski definition) is 3. The second-order valence-corrected chi connectivity index (χ2v) is 8.45. The van der Waals surface area contributed by atoms with Gasteiger partial charge in [0.15, 0.2) is 0 Å². The lowest BCUT2D eigenvalue weighted by atomic mass is 9.95. The first-order valence-corrected chi connectivity index (χ1v) is 10.8. The molecule has 0 N–H and O–H groups in total. The zero-order chi connectivity index (χ0) is 19.5. The predicted octanol–water partition coefficient (Wildman–Crippen LogP) is 4.47. The first kappa shape index (κ1) is 19.0. The minimum atomic E-state index is 0.163. The molecular formula is C23H32N4O. The number of piperidine rings is 2. The molecule has 1 aromatic heterocycles. The lowest BCUT2D eigenvalue weighted by molar-refractivity contribution is 0.0710. The molecule has 0 aliphatic carbocycles. The smallest absolute Gasteiger partial charge is 0.253 e. The number of benzene rings is 1. The van der Waals surface area contributed by atoms with E-state index in [1.165, 1.54) is 30.8 Å². The third-order valence-electron chi connectivity index (χ3n) is 6.24. The van der Waals surface area contributed by atoms with Gasteiger partial charge >= 0.3 is 0 Å². The van der Waals surface area contributed by atoms with E-state index >= 15 is 0 Å². The second kappa shape index (κ2) is 8.38. The van der Waals surface area contributed by atoms with Crippen LogP contribution in [0.5, 0.6) is 0 Å². The van der Waals surface area contributed by atoms with Crippen LogP contribution >= 0.6 is 0 Å². The fourth-order valence-corrected chi connectivity index (χ4v) is 4.57. The molecular weight excluding hydrogens is 348 g/mol. The summed E-state index contributed by atoms with van der Waals surface area (Å²) in [6.07, 6.45) is 9.82. The average Bonchev–Trinajstić information content (AvgIpc) is 3.24. The Balaban J connectivity index is 1.36. The summed E-state index contributed by atoms with van der Waals surface area (Å²) < 4.78 is 2.27. The van der Waals surface area contributed by atoms with Crippen LogP contribution in [-0.4, -0.2) is 46.5 Å². The third-order valence-corrected chi connectivity index (χ3v) is 6.24. The lowest BCUT2D eigenvalue weighted by Crippen LogP contribution is -2.38. The molecule has 0 spiro atoms. The van der Waals surface area contributed by atoms with E-state index < -0.39 is 0 Å². The van der Waals surface area contributed by atoms with Crippen molar-refractivity contribution in [2.45, 2.75) is 57.9 Å². The maximum absolute atomic E-state index is 12.9. The van der Waals surface area contributed by atoms with Gasteiger partial charge in [0.05, 0.1) is 0 Å². The predicted molar refractivity (Wildman–Crippen MR) is 113 cm³/mol. The monoisotopic (exact) mass is 380 g/mol. The lowest BCUT2D eigenvalue weighted by Gasteiger charge is -2.32. The minimum Gasteiger partial charge on any atom is -0.372 e. The molecule has 1 aromatic carbocycles. The van der Waals surface area contributed by atoms with Crippen molar-refractivity contribution >= 4 is 11.6 Å². The summed E-state index contributed by atoms with van der Waals surface area (Å²) >= 11 is 0. The fourth-order valence-electron chi connectivity index (χ4n) is 4.57. The van der Waals surface area contributed by atoms with Crippen molar-refractivity contribution in [3.8, 4) is 0 Å². The van der Waals surface area contributed by atoms with Crippen molar-refractivity contribution in [2.24, 2.45) is 0 Å². The van der Waals surface area contributed by atoms with E-state index in [0.29, 0.717) is 12.0 Å². The van der Waals surface area contributed by atoms with Gasteiger partial charge < -0.3 is 14.4 Å². The molecule has 28 heavy (non-hydrogen) atoms. The summed E-state index contributed by atoms with van der Waals surface area (Å²) in [6, 6.07) is 8.67. The van der Waals surface area contributed by atoms with E-state index in [1.807, 2.05) is 23.2 Å². The van der Waals surface area contributed by atoms with Crippen LogP contribution < -0.4 is 4.90 Å². The van der Waals surface area contributed by atoms with Gasteiger partial charge in [-0.25, -0.2) is 4.98 Å². The molecule has 0 unspecified atom stereocenters. The van der Waals surface area contributed by atoms with E-state index in [-0.39, 0.29) is 5.91 Å². The van der Waals surface area contributed by atoms with E-state index in [0.717, 1.165) is 44.6 Å². The first-order chi connectivity index (χ1) is 13.6. The topological polar surface area (TPSA) is 41.4 Å². The molecule has 4 rings (SSSR count). The van der Waals surface area contributed by atoms with E-state index in [9.17, 15) is 4.79 Å². The van der Waals surface area contributed by atoms with Gasteiger partial charge in [-0.2, -0.15) is 0 Å². The van der Waals surface area contributed by atoms with Crippen LogP contribution in [0.4, 0.5) is 5.69 Å². The van der Waals surface area contributed by atoms with Gasteiger partial charge in [0, 0.05) is 61.8 Å². The van der Waals surface area contributed by atoms with Gasteiger partial charge in [0.25, 0.3) is 5.91 Å². The van der Waals surface area contributed by atoms with Crippen LogP contribution in [0.25, 0.3) is 0 Å². The number of imidazole rings is 1. The molecule has 0 saturated carbocycles. The zero-order valence-electron chi connectivity index (χ0n) is 17.2. The molecule has 2 aliphatic heterocycles. The largest absolute Gasteiger partial charge is 0.372 e. The molecule has 1 amide bonds. The summed E-state index contributed by atoms with van der Waals surface area (Å²) in [4.78, 5) is 22.0. The number of carbonyl (C=O) groups is 1. The second-order valence-electron chi connectivity index (χ2n) is 8.45. The average molecular weight is 381 g/mol. The molecule has 5 nitrogen and oxygen atoms in total. The summed E-state index contributed by atoms with van der Waals surface area (Å²) in [5.41, 5.74) is 2.05. The van der Waals surface area contributed by atoms with Crippen LogP contribution in [0.3, 0.4) is 0 Å². The van der Waals surface area contributed by atoms with Crippen LogP contribution in [0.2, 0.25) is 0 Å². The SMILES string of the molecule is CC(C)n1ccnc1C1CCN(C(=O)c2ccc(N3CCCCC3)cc2)CC1. The van der Waals surface area contributed by atoms with Crippen LogP contribution in [0.15, 0.2) is 36.7 Å². The highest BCUT2D eigenvalue weighted by Crippen LogP contribution is 2.29. The number of hydrogen-bond donors (Lipinski definition) is 0. The van der Waals surface area contributed by atoms with Crippen LogP contribution in [0, 0.1) is 0 Å². The van der Waals surface area contributed by atoms with E-state index in [2.05, 4.69) is 46.6 Å². The Morgan fingerprint density at radius 3 is 2.32 bits per heavy atom. The Morgan fingerprint density at radius 2 is 1.68 bits per heavy atom. The fraction of sp³-hybridized carbons (Fsp3) is 0.565. The highest BCUT2D eigenvalue weighted by Gasteiger charge is 2.27. The summed E-state index contributed by atoms with van der Waals surface area (Å²) in [6.45, 7) is 8.26. The van der Waals surface area contributed by atoms with Crippen LogP contribution in [-0.2, 0) is 0 Å². The van der Waals surface area contributed by atoms with Crippen molar-refractivity contribution in [1.82, 2.24) is 14.5 Å². The highest BCUT2D eigenvalue weighted by atomic mass is 16.2. The van der Waals surface area contributed by atoms with Crippen LogP contribution in [0.1, 0.15) is 74.1 Å². The number of anilines is 1. The van der Waals surface area contributed by atoms with Crippen molar-refractivity contribution in [1.29, 1.82) is 0 Å². The Hall–Kier alpha value is -2.30. The number of carbonyl (C=O) groups excluding carboxylic acids is 1. The first-order valence-electron chi connectivity index (χ1n) is 10.8. The highest BCUT2D eigenvalue weighted by molar-refractivity contribution is 5.94. The molecule has 0 bridgehead atoms. The Bertz CT molecular complexity index is 781. The zero-order valence-corrected chi connectivity index (χ0v) is 17.2. The van der Waals surface area contributed by atoms with Gasteiger partial charge in [-0.15, -0.1) is 0 Å². The maximum atomic E-state index is 12.9. The van der Waals surface area contributed by atoms with Gasteiger partial charge in [-0.3, -0.25) is 4.79 Å². The van der Waals surface area contributed by atoms with E-state index in [4.69, 9.17) is 0 Å². The van der Waals surface area contributed by atoms with Crippen molar-refractivity contribution < 1.29 is 4.79 Å². The Labute approximate surface area is 168 Å². The number of nitrogens with zero attached hydrogens (tertiary/aromatic N) is 4. The van der Waals surface area contributed by atoms with Gasteiger partial charge in [-0.05, 0) is 70.2 Å². The number of amides is 1. The number of likely N-dealkylation sites (tertiary alicyclic amines) is 1. The molecule has 150 valence electrons. The quantitative estimate of drug-likeness (QED) is 0.786. The third kappa shape index (κ3) is 3.94. The maximum Gasteiger partial charge on any atom is 0.253 e.